The molecule has 0 aromatic carbocycles. The smallest absolute Gasteiger partial charge is 0.0598 e. The van der Waals surface area contributed by atoms with Gasteiger partial charge in [0.2, 0.25) is 0 Å². The van der Waals surface area contributed by atoms with Gasteiger partial charge in [0, 0.05) is 0 Å². The number of nitrogens with one attached hydrogen (secondary N) is 1. The van der Waals surface area contributed by atoms with Crippen LogP contribution in [0.3, 0.4) is 0 Å². The van der Waals surface area contributed by atoms with Gasteiger partial charge in [0.1, 0.15) is 0 Å². The maximum atomic E-state index is 8.33. The molecule has 1 rings (SSSR count). The maximum absolute atomic E-state index is 8.33. The van der Waals surface area contributed by atoms with Gasteiger partial charge in [-0.25, -0.2) is 0 Å². The van der Waals surface area contributed by atoms with E-state index >= 15 is 0 Å². The molecule has 0 aromatic rings. The Bertz CT molecular complexity index is 181. The molecule has 0 bridgehead atoms. The van der Waals surface area contributed by atoms with Crippen molar-refractivity contribution in [2.45, 2.75) is 70.6 Å². The lowest BCUT2D eigenvalue weighted by Gasteiger charge is -2.08. The van der Waals surface area contributed by atoms with E-state index in [2.05, 4.69) is 10.1 Å². The van der Waals surface area contributed by atoms with Gasteiger partial charge in [0.25, 0.3) is 0 Å². The zero-order valence-corrected chi connectivity index (χ0v) is 10.1. The minimum Gasteiger partial charge on any atom is -0.281 e. The standard InChI is InChI=1S/C12H24N2O2/c15-14-16-13-12-10-8-6-4-2-1-3-5-7-9-11-12/h14-15H,1-11H2. The van der Waals surface area contributed by atoms with Gasteiger partial charge in [-0.1, -0.05) is 50.1 Å². The Balaban J connectivity index is 2.30. The first kappa shape index (κ1) is 13.5. The fraction of sp³-hybridized carbons (Fsp3) is 0.917. The van der Waals surface area contributed by atoms with Crippen molar-refractivity contribution in [2.24, 2.45) is 5.16 Å². The molecule has 2 N–H and O–H groups in total. The van der Waals surface area contributed by atoms with Crippen molar-refractivity contribution in [3.63, 3.8) is 0 Å². The third-order valence-corrected chi connectivity index (χ3v) is 3.15. The third kappa shape index (κ3) is 6.80. The van der Waals surface area contributed by atoms with E-state index in [1.807, 2.05) is 0 Å². The first-order valence-corrected chi connectivity index (χ1v) is 6.54. The molecule has 0 aliphatic heterocycles. The lowest BCUT2D eigenvalue weighted by Crippen LogP contribution is -2.07. The van der Waals surface area contributed by atoms with Crippen LogP contribution in [-0.2, 0) is 4.94 Å². The van der Waals surface area contributed by atoms with Gasteiger partial charge in [-0.3, -0.25) is 10.1 Å². The second kappa shape index (κ2) is 9.60. The molecule has 0 saturated heterocycles. The first-order chi connectivity index (χ1) is 7.93. The van der Waals surface area contributed by atoms with Crippen LogP contribution >= 0.6 is 0 Å². The van der Waals surface area contributed by atoms with E-state index in [9.17, 15) is 0 Å². The van der Waals surface area contributed by atoms with Gasteiger partial charge in [-0.2, -0.15) is 0 Å². The van der Waals surface area contributed by atoms with Crippen molar-refractivity contribution in [1.82, 2.24) is 5.64 Å². The van der Waals surface area contributed by atoms with Crippen LogP contribution in [0.5, 0.6) is 0 Å². The van der Waals surface area contributed by atoms with E-state index < -0.39 is 0 Å². The average molecular weight is 228 g/mol. The SMILES string of the molecule is ONON=C1CCCCCCCCCCC1. The zero-order chi connectivity index (χ0) is 11.5. The van der Waals surface area contributed by atoms with Crippen LogP contribution in [0.15, 0.2) is 5.16 Å². The summed E-state index contributed by atoms with van der Waals surface area (Å²) in [7, 11) is 0. The summed E-state index contributed by atoms with van der Waals surface area (Å²) in [5.41, 5.74) is 2.69. The van der Waals surface area contributed by atoms with E-state index in [1.165, 1.54) is 57.8 Å². The molecular weight excluding hydrogens is 204 g/mol. The van der Waals surface area contributed by atoms with Crippen LogP contribution in [0, 0.1) is 0 Å². The monoisotopic (exact) mass is 228 g/mol. The molecule has 0 amide bonds. The summed E-state index contributed by atoms with van der Waals surface area (Å²) < 4.78 is 0. The van der Waals surface area contributed by atoms with Crippen molar-refractivity contribution < 1.29 is 10.1 Å². The normalized spacial score (nSPS) is 20.7. The van der Waals surface area contributed by atoms with Crippen molar-refractivity contribution in [3.05, 3.63) is 0 Å². The van der Waals surface area contributed by atoms with Crippen LogP contribution in [0.2, 0.25) is 0 Å². The van der Waals surface area contributed by atoms with Crippen LogP contribution in [-0.4, -0.2) is 10.9 Å². The predicted molar refractivity (Wildman–Crippen MR) is 64.2 cm³/mol. The molecule has 0 atom stereocenters. The highest BCUT2D eigenvalue weighted by atomic mass is 16.9. The Hall–Kier alpha value is -0.610. The second-order valence-electron chi connectivity index (χ2n) is 4.52. The highest BCUT2D eigenvalue weighted by Gasteiger charge is 2.03. The Labute approximate surface area is 98.0 Å². The van der Waals surface area contributed by atoms with Crippen LogP contribution in [0.1, 0.15) is 70.6 Å². The fourth-order valence-corrected chi connectivity index (χ4v) is 2.20. The van der Waals surface area contributed by atoms with Crippen LogP contribution < -0.4 is 5.64 Å². The van der Waals surface area contributed by atoms with Crippen molar-refractivity contribution in [1.29, 1.82) is 0 Å². The topological polar surface area (TPSA) is 53.8 Å². The molecule has 0 spiro atoms. The minimum absolute atomic E-state index is 1.00. The molecule has 0 radical (unpaired) electrons. The van der Waals surface area contributed by atoms with E-state index in [0.29, 0.717) is 0 Å². The summed E-state index contributed by atoms with van der Waals surface area (Å²) in [5, 5.41) is 12.2. The zero-order valence-electron chi connectivity index (χ0n) is 10.1. The van der Waals surface area contributed by atoms with E-state index in [4.69, 9.17) is 5.21 Å². The second-order valence-corrected chi connectivity index (χ2v) is 4.52. The highest BCUT2D eigenvalue weighted by molar-refractivity contribution is 5.83. The quantitative estimate of drug-likeness (QED) is 0.710. The Morgan fingerprint density at radius 2 is 1.25 bits per heavy atom. The van der Waals surface area contributed by atoms with Gasteiger partial charge in [-0.15, -0.1) is 0 Å². The predicted octanol–water partition coefficient (Wildman–Crippen LogP) is 3.56. The van der Waals surface area contributed by atoms with Crippen LogP contribution in [0.25, 0.3) is 0 Å². The summed E-state index contributed by atoms with van der Waals surface area (Å²) in [4.78, 5) is 4.49. The lowest BCUT2D eigenvalue weighted by atomic mass is 10.00. The molecule has 1 fully saturated rings. The molecular formula is C12H24N2O2. The molecule has 0 unspecified atom stereocenters. The lowest BCUT2D eigenvalue weighted by molar-refractivity contribution is -0.126. The summed E-state index contributed by atoms with van der Waals surface area (Å²) in [6.45, 7) is 0. The molecule has 0 heterocycles. The van der Waals surface area contributed by atoms with Gasteiger partial charge in [0.15, 0.2) is 0 Å². The maximum Gasteiger partial charge on any atom is 0.0598 e. The van der Waals surface area contributed by atoms with Crippen molar-refractivity contribution in [2.75, 3.05) is 0 Å². The molecule has 4 heteroatoms. The average Bonchev–Trinajstić information content (AvgIpc) is 2.28. The molecule has 94 valence electrons. The molecule has 0 aromatic heterocycles. The number of hydrogen-bond donors (Lipinski definition) is 2. The van der Waals surface area contributed by atoms with Crippen molar-refractivity contribution >= 4 is 5.71 Å². The highest BCUT2D eigenvalue weighted by Crippen LogP contribution is 2.15. The van der Waals surface area contributed by atoms with Gasteiger partial charge in [-0.05, 0) is 31.3 Å². The van der Waals surface area contributed by atoms with Gasteiger partial charge < -0.3 is 0 Å². The third-order valence-electron chi connectivity index (χ3n) is 3.15. The Morgan fingerprint density at radius 1 is 0.812 bits per heavy atom. The van der Waals surface area contributed by atoms with Gasteiger partial charge >= 0.3 is 0 Å². The minimum atomic E-state index is 1.00. The number of nitrogens with zero attached hydrogens (tertiary/aromatic N) is 1. The van der Waals surface area contributed by atoms with E-state index in [1.54, 1.807) is 5.64 Å². The number of rotatable bonds is 2. The fourth-order valence-electron chi connectivity index (χ4n) is 2.20. The van der Waals surface area contributed by atoms with Crippen molar-refractivity contribution in [3.8, 4) is 0 Å². The first-order valence-electron chi connectivity index (χ1n) is 6.54. The largest absolute Gasteiger partial charge is 0.281 e. The molecule has 4 nitrogen and oxygen atoms in total. The molecule has 1 aliphatic rings. The molecule has 16 heavy (non-hydrogen) atoms. The van der Waals surface area contributed by atoms with E-state index in [0.717, 1.165) is 18.6 Å². The van der Waals surface area contributed by atoms with Gasteiger partial charge in [0.05, 0.1) is 5.71 Å². The number of hydrogen-bond acceptors (Lipinski definition) is 4. The summed E-state index contributed by atoms with van der Waals surface area (Å²) in [6, 6.07) is 0. The summed E-state index contributed by atoms with van der Waals surface area (Å²) in [6.07, 6.45) is 13.8. The van der Waals surface area contributed by atoms with Crippen LogP contribution in [0.4, 0.5) is 0 Å². The van der Waals surface area contributed by atoms with E-state index in [-0.39, 0.29) is 0 Å². The Kier molecular flexibility index (Phi) is 8.08. The Morgan fingerprint density at radius 3 is 1.69 bits per heavy atom. The number of oxime groups is 1. The summed E-state index contributed by atoms with van der Waals surface area (Å²) in [5.74, 6) is 0. The summed E-state index contributed by atoms with van der Waals surface area (Å²) >= 11 is 0. The molecule has 1 aliphatic carbocycles. The molecule has 1 saturated carbocycles.